The largest absolute Gasteiger partial charge is 0.314 e. The number of hydrogen-bond acceptors (Lipinski definition) is 3. The van der Waals surface area contributed by atoms with Gasteiger partial charge in [0.15, 0.2) is 0 Å². The summed E-state index contributed by atoms with van der Waals surface area (Å²) >= 11 is 0. The highest BCUT2D eigenvalue weighted by molar-refractivity contribution is 5.33. The van der Waals surface area contributed by atoms with Gasteiger partial charge >= 0.3 is 0 Å². The molecular formula is C20H21FN4. The van der Waals surface area contributed by atoms with Crippen LogP contribution in [0.1, 0.15) is 17.4 Å². The van der Waals surface area contributed by atoms with Crippen LogP contribution in [0.15, 0.2) is 67.0 Å². The molecule has 0 bridgehead atoms. The topological polar surface area (TPSA) is 33.1 Å². The zero-order valence-electron chi connectivity index (χ0n) is 14.0. The Labute approximate surface area is 146 Å². The Bertz CT molecular complexity index is 830. The molecule has 1 aliphatic rings. The maximum absolute atomic E-state index is 13.7. The first-order valence-electron chi connectivity index (χ1n) is 8.59. The Morgan fingerprint density at radius 2 is 2.00 bits per heavy atom. The zero-order valence-corrected chi connectivity index (χ0v) is 14.0. The van der Waals surface area contributed by atoms with Gasteiger partial charge in [-0.15, -0.1) is 0 Å². The Balaban J connectivity index is 1.60. The third-order valence-corrected chi connectivity index (χ3v) is 4.68. The lowest BCUT2D eigenvalue weighted by Gasteiger charge is -2.36. The Kier molecular flexibility index (Phi) is 4.59. The van der Waals surface area contributed by atoms with Crippen LogP contribution in [0.3, 0.4) is 0 Å². The predicted molar refractivity (Wildman–Crippen MR) is 96.0 cm³/mol. The van der Waals surface area contributed by atoms with E-state index in [9.17, 15) is 4.39 Å². The van der Waals surface area contributed by atoms with E-state index in [0.717, 1.165) is 43.3 Å². The summed E-state index contributed by atoms with van der Waals surface area (Å²) in [5, 5.41) is 3.42. The number of nitrogens with one attached hydrogen (secondary N) is 1. The van der Waals surface area contributed by atoms with Gasteiger partial charge in [0, 0.05) is 43.8 Å². The van der Waals surface area contributed by atoms with E-state index in [4.69, 9.17) is 0 Å². The van der Waals surface area contributed by atoms with E-state index >= 15 is 0 Å². The van der Waals surface area contributed by atoms with Gasteiger partial charge in [-0.25, -0.2) is 9.37 Å². The predicted octanol–water partition coefficient (Wildman–Crippen LogP) is 3.16. The van der Waals surface area contributed by atoms with Gasteiger partial charge < -0.3 is 9.88 Å². The van der Waals surface area contributed by atoms with Crippen LogP contribution in [0, 0.1) is 5.82 Å². The highest BCUT2D eigenvalue weighted by atomic mass is 19.1. The highest BCUT2D eigenvalue weighted by Gasteiger charge is 2.25. The van der Waals surface area contributed by atoms with E-state index < -0.39 is 0 Å². The number of nitrogens with zero attached hydrogens (tertiary/aromatic N) is 3. The van der Waals surface area contributed by atoms with Crippen LogP contribution in [0.5, 0.6) is 0 Å². The van der Waals surface area contributed by atoms with Gasteiger partial charge in [-0.1, -0.05) is 30.3 Å². The number of para-hydroxylation sites is 1. The van der Waals surface area contributed by atoms with Crippen molar-refractivity contribution >= 4 is 0 Å². The van der Waals surface area contributed by atoms with Gasteiger partial charge in [0.2, 0.25) is 0 Å². The molecule has 1 unspecified atom stereocenters. The SMILES string of the molecule is Fc1cccc(C2CNCCN2Cc2nccn2-c2ccccc2)c1. The number of benzene rings is 2. The van der Waals surface area contributed by atoms with Crippen molar-refractivity contribution in [3.63, 3.8) is 0 Å². The summed E-state index contributed by atoms with van der Waals surface area (Å²) in [6.45, 7) is 3.38. The van der Waals surface area contributed by atoms with Gasteiger partial charge in [0.05, 0.1) is 6.54 Å². The molecule has 128 valence electrons. The Morgan fingerprint density at radius 1 is 1.12 bits per heavy atom. The first-order valence-corrected chi connectivity index (χ1v) is 8.59. The molecule has 2 heterocycles. The molecule has 0 spiro atoms. The van der Waals surface area contributed by atoms with Crippen molar-refractivity contribution in [3.05, 3.63) is 84.2 Å². The van der Waals surface area contributed by atoms with Crippen molar-refractivity contribution < 1.29 is 4.39 Å². The highest BCUT2D eigenvalue weighted by Crippen LogP contribution is 2.25. The van der Waals surface area contributed by atoms with Gasteiger partial charge in [0.1, 0.15) is 11.6 Å². The van der Waals surface area contributed by atoms with E-state index in [1.807, 2.05) is 36.7 Å². The Morgan fingerprint density at radius 3 is 2.84 bits per heavy atom. The van der Waals surface area contributed by atoms with Gasteiger partial charge in [-0.05, 0) is 29.8 Å². The maximum Gasteiger partial charge on any atom is 0.127 e. The molecule has 4 rings (SSSR count). The van der Waals surface area contributed by atoms with Crippen molar-refractivity contribution in [1.29, 1.82) is 0 Å². The fourth-order valence-corrected chi connectivity index (χ4v) is 3.43. The van der Waals surface area contributed by atoms with Crippen molar-refractivity contribution in [3.8, 4) is 5.69 Å². The molecule has 25 heavy (non-hydrogen) atoms. The molecule has 1 fully saturated rings. The zero-order chi connectivity index (χ0) is 17.1. The third-order valence-electron chi connectivity index (χ3n) is 4.68. The molecule has 1 aromatic heterocycles. The molecule has 0 aliphatic carbocycles. The first kappa shape index (κ1) is 16.0. The minimum atomic E-state index is -0.186. The molecule has 4 nitrogen and oxygen atoms in total. The maximum atomic E-state index is 13.7. The molecule has 1 aliphatic heterocycles. The van der Waals surface area contributed by atoms with E-state index in [2.05, 4.69) is 31.9 Å². The molecule has 0 saturated carbocycles. The number of imidazole rings is 1. The van der Waals surface area contributed by atoms with Crippen LogP contribution >= 0.6 is 0 Å². The number of halogens is 1. The first-order chi connectivity index (χ1) is 12.3. The molecule has 2 aromatic carbocycles. The number of rotatable bonds is 4. The second-order valence-corrected chi connectivity index (χ2v) is 6.29. The normalized spacial score (nSPS) is 18.4. The van der Waals surface area contributed by atoms with E-state index in [1.54, 1.807) is 12.1 Å². The summed E-state index contributed by atoms with van der Waals surface area (Å²) in [5.41, 5.74) is 2.11. The lowest BCUT2D eigenvalue weighted by Crippen LogP contribution is -2.45. The fraction of sp³-hybridized carbons (Fsp3) is 0.250. The van der Waals surface area contributed by atoms with Crippen molar-refractivity contribution in [1.82, 2.24) is 19.8 Å². The van der Waals surface area contributed by atoms with Crippen molar-refractivity contribution in [2.24, 2.45) is 0 Å². The van der Waals surface area contributed by atoms with Gasteiger partial charge in [-0.2, -0.15) is 0 Å². The molecule has 0 amide bonds. The third kappa shape index (κ3) is 3.48. The monoisotopic (exact) mass is 336 g/mol. The van der Waals surface area contributed by atoms with Gasteiger partial charge in [0.25, 0.3) is 0 Å². The molecule has 0 radical (unpaired) electrons. The average Bonchev–Trinajstić information content (AvgIpc) is 3.11. The quantitative estimate of drug-likeness (QED) is 0.794. The molecule has 3 aromatic rings. The molecular weight excluding hydrogens is 315 g/mol. The Hall–Kier alpha value is -2.50. The fourth-order valence-electron chi connectivity index (χ4n) is 3.43. The number of piperazine rings is 1. The number of aromatic nitrogens is 2. The average molecular weight is 336 g/mol. The lowest BCUT2D eigenvalue weighted by molar-refractivity contribution is 0.149. The molecule has 1 atom stereocenters. The minimum Gasteiger partial charge on any atom is -0.314 e. The second kappa shape index (κ2) is 7.17. The van der Waals surface area contributed by atoms with Crippen molar-refractivity contribution in [2.45, 2.75) is 12.6 Å². The summed E-state index contributed by atoms with van der Waals surface area (Å²) in [4.78, 5) is 6.93. The summed E-state index contributed by atoms with van der Waals surface area (Å²) < 4.78 is 15.8. The van der Waals surface area contributed by atoms with Crippen LogP contribution in [-0.4, -0.2) is 34.1 Å². The number of hydrogen-bond donors (Lipinski definition) is 1. The second-order valence-electron chi connectivity index (χ2n) is 6.29. The minimum absolute atomic E-state index is 0.144. The summed E-state index contributed by atoms with van der Waals surface area (Å²) in [5.74, 6) is 0.809. The summed E-state index contributed by atoms with van der Waals surface area (Å²) in [6.07, 6.45) is 3.83. The van der Waals surface area contributed by atoms with Gasteiger partial charge in [-0.3, -0.25) is 4.90 Å². The molecule has 1 N–H and O–H groups in total. The smallest absolute Gasteiger partial charge is 0.127 e. The standard InChI is InChI=1S/C20H21FN4/c21-17-6-4-5-16(13-17)19-14-22-9-11-24(19)15-20-23-10-12-25(20)18-7-2-1-3-8-18/h1-8,10,12-13,19,22H,9,11,14-15H2. The van der Waals surface area contributed by atoms with E-state index in [-0.39, 0.29) is 11.9 Å². The molecule has 5 heteroatoms. The lowest BCUT2D eigenvalue weighted by atomic mass is 10.0. The van der Waals surface area contributed by atoms with Crippen LogP contribution < -0.4 is 5.32 Å². The molecule has 1 saturated heterocycles. The van der Waals surface area contributed by atoms with E-state index in [1.165, 1.54) is 6.07 Å². The van der Waals surface area contributed by atoms with Crippen LogP contribution in [-0.2, 0) is 6.54 Å². The van der Waals surface area contributed by atoms with Crippen LogP contribution in [0.25, 0.3) is 5.69 Å². The van der Waals surface area contributed by atoms with Crippen molar-refractivity contribution in [2.75, 3.05) is 19.6 Å². The van der Waals surface area contributed by atoms with Crippen LogP contribution in [0.2, 0.25) is 0 Å². The summed E-state index contributed by atoms with van der Waals surface area (Å²) in [7, 11) is 0. The van der Waals surface area contributed by atoms with Crippen LogP contribution in [0.4, 0.5) is 4.39 Å². The summed E-state index contributed by atoms with van der Waals surface area (Å²) in [6, 6.07) is 17.3. The van der Waals surface area contributed by atoms with E-state index in [0.29, 0.717) is 0 Å².